The first-order valence-corrected chi connectivity index (χ1v) is 7.21. The Morgan fingerprint density at radius 3 is 2.95 bits per heavy atom. The molecule has 4 N–H and O–H groups in total. The van der Waals surface area contributed by atoms with Gasteiger partial charge in [-0.25, -0.2) is 0 Å². The predicted molar refractivity (Wildman–Crippen MR) is 77.9 cm³/mol. The first-order chi connectivity index (χ1) is 10.1. The number of likely N-dealkylation sites (tertiary alicyclic amines) is 1. The molecule has 6 heteroatoms. The zero-order valence-corrected chi connectivity index (χ0v) is 11.7. The van der Waals surface area contributed by atoms with E-state index in [4.69, 9.17) is 5.73 Å². The molecule has 6 nitrogen and oxygen atoms in total. The van der Waals surface area contributed by atoms with Crippen molar-refractivity contribution >= 4 is 17.5 Å². The number of anilines is 1. The summed E-state index contributed by atoms with van der Waals surface area (Å²) in [6.45, 7) is 1.10. The van der Waals surface area contributed by atoms with Crippen LogP contribution in [-0.2, 0) is 11.2 Å². The molecule has 0 radical (unpaired) electrons. The molecule has 2 heterocycles. The number of rotatable bonds is 2. The molecule has 1 aromatic carbocycles. The Morgan fingerprint density at radius 1 is 1.38 bits per heavy atom. The minimum absolute atomic E-state index is 0.155. The number of amides is 2. The van der Waals surface area contributed by atoms with E-state index in [1.165, 1.54) is 4.90 Å². The Balaban J connectivity index is 1.86. The van der Waals surface area contributed by atoms with Crippen molar-refractivity contribution in [1.29, 1.82) is 0 Å². The van der Waals surface area contributed by atoms with E-state index in [1.54, 1.807) is 6.07 Å². The molecule has 1 aromatic rings. The van der Waals surface area contributed by atoms with E-state index in [0.29, 0.717) is 5.56 Å². The molecule has 2 amide bonds. The number of hydrogen-bond donors (Lipinski definition) is 3. The Hall–Kier alpha value is -2.08. The highest BCUT2D eigenvalue weighted by Crippen LogP contribution is 2.26. The molecule has 2 aliphatic rings. The van der Waals surface area contributed by atoms with Gasteiger partial charge < -0.3 is 21.1 Å². The van der Waals surface area contributed by atoms with Crippen molar-refractivity contribution in [2.45, 2.75) is 31.4 Å². The van der Waals surface area contributed by atoms with Gasteiger partial charge in [0.1, 0.15) is 6.04 Å². The summed E-state index contributed by atoms with van der Waals surface area (Å²) in [5, 5.41) is 13.0. The second-order valence-electron chi connectivity index (χ2n) is 5.67. The number of β-amino-alcohol motifs (C(OH)–C–C–N with tert-alkyl or cyclic N) is 1. The highest BCUT2D eigenvalue weighted by atomic mass is 16.3. The Labute approximate surface area is 122 Å². The second kappa shape index (κ2) is 5.37. The summed E-state index contributed by atoms with van der Waals surface area (Å²) in [6.07, 6.45) is 1.50. The lowest BCUT2D eigenvalue weighted by Crippen LogP contribution is -2.43. The number of nitrogens with zero attached hydrogens (tertiary/aromatic N) is 1. The van der Waals surface area contributed by atoms with Gasteiger partial charge in [-0.05, 0) is 36.6 Å². The Morgan fingerprint density at radius 2 is 2.19 bits per heavy atom. The van der Waals surface area contributed by atoms with Crippen LogP contribution in [0.1, 0.15) is 28.8 Å². The number of carbonyl (C=O) groups excluding carboxylic acids is 2. The number of nitrogens with two attached hydrogens (primary N) is 1. The topological polar surface area (TPSA) is 95.7 Å². The van der Waals surface area contributed by atoms with E-state index in [9.17, 15) is 14.7 Å². The first-order valence-electron chi connectivity index (χ1n) is 7.21. The molecule has 3 rings (SSSR count). The van der Waals surface area contributed by atoms with E-state index in [1.807, 2.05) is 12.1 Å². The van der Waals surface area contributed by atoms with Gasteiger partial charge in [0.25, 0.3) is 5.91 Å². The zero-order valence-electron chi connectivity index (χ0n) is 11.7. The van der Waals surface area contributed by atoms with Crippen LogP contribution in [0.15, 0.2) is 18.2 Å². The average Bonchev–Trinajstić information content (AvgIpc) is 2.88. The van der Waals surface area contributed by atoms with Gasteiger partial charge in [-0.3, -0.25) is 9.59 Å². The van der Waals surface area contributed by atoms with Crippen LogP contribution in [0, 0.1) is 0 Å². The summed E-state index contributed by atoms with van der Waals surface area (Å²) >= 11 is 0. The minimum atomic E-state index is -0.721. The molecule has 21 heavy (non-hydrogen) atoms. The summed E-state index contributed by atoms with van der Waals surface area (Å²) in [6, 6.07) is 4.80. The van der Waals surface area contributed by atoms with Crippen molar-refractivity contribution in [2.24, 2.45) is 5.73 Å². The highest BCUT2D eigenvalue weighted by molar-refractivity contribution is 5.98. The number of hydrogen-bond acceptors (Lipinski definition) is 4. The third-order valence-electron chi connectivity index (χ3n) is 4.16. The van der Waals surface area contributed by atoms with Gasteiger partial charge in [-0.15, -0.1) is 0 Å². The molecule has 0 spiro atoms. The predicted octanol–water partition coefficient (Wildman–Crippen LogP) is 0.105. The summed E-state index contributed by atoms with van der Waals surface area (Å²) in [5.41, 5.74) is 8.04. The molecule has 1 fully saturated rings. The summed E-state index contributed by atoms with van der Waals surface area (Å²) < 4.78 is 0. The lowest BCUT2D eigenvalue weighted by Gasteiger charge is -2.23. The lowest BCUT2D eigenvalue weighted by atomic mass is 10.00. The fourth-order valence-electron chi connectivity index (χ4n) is 3.08. The second-order valence-corrected chi connectivity index (χ2v) is 5.67. The van der Waals surface area contributed by atoms with E-state index in [0.717, 1.165) is 30.6 Å². The van der Waals surface area contributed by atoms with Gasteiger partial charge in [-0.1, -0.05) is 0 Å². The minimum Gasteiger partial charge on any atom is -0.391 e. The summed E-state index contributed by atoms with van der Waals surface area (Å²) in [5.74, 6) is -0.816. The van der Waals surface area contributed by atoms with Crippen LogP contribution in [0.25, 0.3) is 0 Å². The fourth-order valence-corrected chi connectivity index (χ4v) is 3.08. The molecule has 2 aliphatic heterocycles. The molecule has 0 aromatic heterocycles. The van der Waals surface area contributed by atoms with Crippen molar-refractivity contribution in [3.63, 3.8) is 0 Å². The third kappa shape index (κ3) is 2.58. The van der Waals surface area contributed by atoms with Crippen LogP contribution < -0.4 is 11.1 Å². The van der Waals surface area contributed by atoms with Gasteiger partial charge in [0, 0.05) is 30.8 Å². The van der Waals surface area contributed by atoms with Gasteiger partial charge in [0.2, 0.25) is 5.91 Å². The maximum Gasteiger partial charge on any atom is 0.254 e. The van der Waals surface area contributed by atoms with E-state index < -0.39 is 18.1 Å². The average molecular weight is 289 g/mol. The largest absolute Gasteiger partial charge is 0.391 e. The quantitative estimate of drug-likeness (QED) is 0.720. The van der Waals surface area contributed by atoms with E-state index >= 15 is 0 Å². The number of aliphatic hydroxyl groups is 1. The molecule has 0 aliphatic carbocycles. The molecule has 2 atom stereocenters. The van der Waals surface area contributed by atoms with Crippen molar-refractivity contribution in [2.75, 3.05) is 18.4 Å². The Bertz CT molecular complexity index is 588. The number of carbonyl (C=O) groups is 2. The van der Waals surface area contributed by atoms with Crippen LogP contribution in [0.5, 0.6) is 0 Å². The van der Waals surface area contributed by atoms with Gasteiger partial charge in [0.15, 0.2) is 0 Å². The Kier molecular flexibility index (Phi) is 3.55. The van der Waals surface area contributed by atoms with Crippen molar-refractivity contribution in [3.05, 3.63) is 29.3 Å². The number of aliphatic hydroxyl groups excluding tert-OH is 1. The molecule has 1 saturated heterocycles. The van der Waals surface area contributed by atoms with Crippen LogP contribution in [0.3, 0.4) is 0 Å². The fraction of sp³-hybridized carbons (Fsp3) is 0.467. The van der Waals surface area contributed by atoms with Crippen LogP contribution in [0.4, 0.5) is 5.69 Å². The van der Waals surface area contributed by atoms with Crippen molar-refractivity contribution < 1.29 is 14.7 Å². The smallest absolute Gasteiger partial charge is 0.254 e. The van der Waals surface area contributed by atoms with Gasteiger partial charge >= 0.3 is 0 Å². The molecule has 0 bridgehead atoms. The third-order valence-corrected chi connectivity index (χ3v) is 4.16. The normalized spacial score (nSPS) is 24.3. The van der Waals surface area contributed by atoms with E-state index in [-0.39, 0.29) is 18.9 Å². The number of fused-ring (bicyclic) bond motifs is 1. The lowest BCUT2D eigenvalue weighted by molar-refractivity contribution is -0.121. The van der Waals surface area contributed by atoms with Crippen LogP contribution >= 0.6 is 0 Å². The van der Waals surface area contributed by atoms with Gasteiger partial charge in [-0.2, -0.15) is 0 Å². The standard InChI is InChI=1S/C15H19N3O3/c16-14(20)13-7-11(19)8-18(13)15(21)10-3-4-12-9(6-10)2-1-5-17-12/h3-4,6,11,13,17,19H,1-2,5,7-8H2,(H2,16,20). The van der Waals surface area contributed by atoms with Crippen molar-refractivity contribution in [3.8, 4) is 0 Å². The first kappa shape index (κ1) is 13.9. The molecule has 0 saturated carbocycles. The number of primary amides is 1. The highest BCUT2D eigenvalue weighted by Gasteiger charge is 2.38. The van der Waals surface area contributed by atoms with Crippen LogP contribution in [0.2, 0.25) is 0 Å². The van der Waals surface area contributed by atoms with E-state index in [2.05, 4.69) is 5.32 Å². The van der Waals surface area contributed by atoms with Gasteiger partial charge in [0.05, 0.1) is 6.10 Å². The monoisotopic (exact) mass is 289 g/mol. The molecule has 2 unspecified atom stereocenters. The number of benzene rings is 1. The number of aryl methyl sites for hydroxylation is 1. The molecular weight excluding hydrogens is 270 g/mol. The molecular formula is C15H19N3O3. The molecule has 112 valence electrons. The number of nitrogens with one attached hydrogen (secondary N) is 1. The van der Waals surface area contributed by atoms with Crippen molar-refractivity contribution in [1.82, 2.24) is 4.90 Å². The SMILES string of the molecule is NC(=O)C1CC(O)CN1C(=O)c1ccc2c(c1)CCCN2. The van der Waals surface area contributed by atoms with Crippen LogP contribution in [-0.4, -0.2) is 47.1 Å². The maximum atomic E-state index is 12.6. The summed E-state index contributed by atoms with van der Waals surface area (Å²) in [7, 11) is 0. The summed E-state index contributed by atoms with van der Waals surface area (Å²) in [4.78, 5) is 25.4. The maximum absolute atomic E-state index is 12.6. The zero-order chi connectivity index (χ0) is 15.0.